The fraction of sp³-hybridized carbons (Fsp3) is 0.824. The fourth-order valence-corrected chi connectivity index (χ4v) is 5.28. The molecule has 0 aromatic heterocycles. The Morgan fingerprint density at radius 1 is 1.06 bits per heavy atom. The van der Waals surface area contributed by atoms with Crippen LogP contribution < -0.4 is 0 Å². The van der Waals surface area contributed by atoms with Gasteiger partial charge in [0, 0.05) is 11.8 Å². The Balaban J connectivity index is 1.94. The minimum absolute atomic E-state index is 0.0237. The Morgan fingerprint density at radius 3 is 2.50 bits per heavy atom. The van der Waals surface area contributed by atoms with E-state index >= 15 is 0 Å². The molecular formula is C17H26O. The standard InChI is InChI=1S/C17H26O/c1-11-5-6-12-13(16(11,2)3)9-10-17(4)14(12)7-8-15(17)18/h12-14H,1,5-10H2,2-4H3. The van der Waals surface area contributed by atoms with Crippen LogP contribution in [0.4, 0.5) is 0 Å². The molecule has 0 heterocycles. The maximum atomic E-state index is 12.2. The molecule has 0 N–H and O–H groups in total. The normalized spacial score (nSPS) is 46.7. The molecule has 3 aliphatic carbocycles. The molecule has 18 heavy (non-hydrogen) atoms. The number of carbonyl (C=O) groups is 1. The number of ketones is 1. The van der Waals surface area contributed by atoms with E-state index in [2.05, 4.69) is 27.4 Å². The maximum Gasteiger partial charge on any atom is 0.139 e. The van der Waals surface area contributed by atoms with E-state index in [1.807, 2.05) is 0 Å². The molecular weight excluding hydrogens is 220 g/mol. The molecule has 1 nitrogen and oxygen atoms in total. The molecule has 3 rings (SSSR count). The van der Waals surface area contributed by atoms with Crippen molar-refractivity contribution in [3.05, 3.63) is 12.2 Å². The first-order valence-electron chi connectivity index (χ1n) is 7.59. The van der Waals surface area contributed by atoms with Gasteiger partial charge in [-0.05, 0) is 55.3 Å². The van der Waals surface area contributed by atoms with Crippen LogP contribution in [0.2, 0.25) is 0 Å². The number of hydrogen-bond acceptors (Lipinski definition) is 1. The van der Waals surface area contributed by atoms with Crippen LogP contribution in [0.1, 0.15) is 59.3 Å². The zero-order chi connectivity index (χ0) is 13.1. The SMILES string of the molecule is C=C1CCC2C(CCC3(C)C(=O)CCC23)C1(C)C. The predicted octanol–water partition coefficient (Wildman–Crippen LogP) is 4.37. The Hall–Kier alpha value is -0.590. The summed E-state index contributed by atoms with van der Waals surface area (Å²) < 4.78 is 0. The largest absolute Gasteiger partial charge is 0.299 e. The van der Waals surface area contributed by atoms with Crippen molar-refractivity contribution in [2.24, 2.45) is 28.6 Å². The van der Waals surface area contributed by atoms with E-state index in [1.54, 1.807) is 0 Å². The number of rotatable bonds is 0. The molecule has 0 bridgehead atoms. The van der Waals surface area contributed by atoms with E-state index in [1.165, 1.54) is 24.8 Å². The van der Waals surface area contributed by atoms with Crippen LogP contribution in [0.3, 0.4) is 0 Å². The Morgan fingerprint density at radius 2 is 1.78 bits per heavy atom. The molecule has 100 valence electrons. The van der Waals surface area contributed by atoms with Crippen LogP contribution >= 0.6 is 0 Å². The van der Waals surface area contributed by atoms with Crippen molar-refractivity contribution in [2.75, 3.05) is 0 Å². The highest BCUT2D eigenvalue weighted by Gasteiger charge is 2.57. The van der Waals surface area contributed by atoms with Crippen LogP contribution in [-0.4, -0.2) is 5.78 Å². The van der Waals surface area contributed by atoms with Gasteiger partial charge in [0.05, 0.1) is 0 Å². The minimum atomic E-state index is 0.0237. The summed E-state index contributed by atoms with van der Waals surface area (Å²) in [7, 11) is 0. The zero-order valence-electron chi connectivity index (χ0n) is 12.1. The summed E-state index contributed by atoms with van der Waals surface area (Å²) in [5.41, 5.74) is 1.75. The van der Waals surface area contributed by atoms with E-state index in [-0.39, 0.29) is 10.8 Å². The zero-order valence-corrected chi connectivity index (χ0v) is 12.1. The van der Waals surface area contributed by atoms with Gasteiger partial charge in [0.1, 0.15) is 5.78 Å². The van der Waals surface area contributed by atoms with Gasteiger partial charge in [0.25, 0.3) is 0 Å². The van der Waals surface area contributed by atoms with Crippen molar-refractivity contribution < 1.29 is 4.79 Å². The lowest BCUT2D eigenvalue weighted by atomic mass is 9.50. The summed E-state index contributed by atoms with van der Waals surface area (Å²) in [5.74, 6) is 2.75. The van der Waals surface area contributed by atoms with Crippen LogP contribution in [0.15, 0.2) is 12.2 Å². The molecule has 0 spiro atoms. The first-order valence-corrected chi connectivity index (χ1v) is 7.59. The van der Waals surface area contributed by atoms with Gasteiger partial charge in [-0.1, -0.05) is 32.9 Å². The average Bonchev–Trinajstić information content (AvgIpc) is 2.61. The summed E-state index contributed by atoms with van der Waals surface area (Å²) in [6, 6.07) is 0. The monoisotopic (exact) mass is 246 g/mol. The third-order valence-electron chi connectivity index (χ3n) is 6.76. The van der Waals surface area contributed by atoms with Gasteiger partial charge < -0.3 is 0 Å². The highest BCUT2D eigenvalue weighted by Crippen LogP contribution is 2.62. The number of hydrogen-bond donors (Lipinski definition) is 0. The lowest BCUT2D eigenvalue weighted by Crippen LogP contribution is -2.48. The molecule has 0 radical (unpaired) electrons. The third kappa shape index (κ3) is 1.42. The molecule has 0 aromatic rings. The molecule has 0 aliphatic heterocycles. The van der Waals surface area contributed by atoms with Crippen molar-refractivity contribution in [3.8, 4) is 0 Å². The molecule has 4 unspecified atom stereocenters. The van der Waals surface area contributed by atoms with Crippen LogP contribution in [0, 0.1) is 28.6 Å². The summed E-state index contributed by atoms with van der Waals surface area (Å²) in [6.45, 7) is 11.3. The van der Waals surface area contributed by atoms with Crippen molar-refractivity contribution >= 4 is 5.78 Å². The Kier molecular flexibility index (Phi) is 2.56. The van der Waals surface area contributed by atoms with Crippen molar-refractivity contribution in [3.63, 3.8) is 0 Å². The molecule has 4 atom stereocenters. The summed E-state index contributed by atoms with van der Waals surface area (Å²) in [6.07, 6.45) is 6.80. The number of carbonyl (C=O) groups excluding carboxylic acids is 1. The maximum absolute atomic E-state index is 12.2. The van der Waals surface area contributed by atoms with Gasteiger partial charge in [0.2, 0.25) is 0 Å². The highest BCUT2D eigenvalue weighted by atomic mass is 16.1. The van der Waals surface area contributed by atoms with Crippen LogP contribution in [0.25, 0.3) is 0 Å². The summed E-state index contributed by atoms with van der Waals surface area (Å²) in [4.78, 5) is 12.2. The quantitative estimate of drug-likeness (QED) is 0.580. The molecule has 3 aliphatic rings. The van der Waals surface area contributed by atoms with Crippen molar-refractivity contribution in [2.45, 2.75) is 59.3 Å². The number of Topliss-reactive ketones (excluding diaryl/α,β-unsaturated/α-hetero) is 1. The fourth-order valence-electron chi connectivity index (χ4n) is 5.28. The minimum Gasteiger partial charge on any atom is -0.299 e. The third-order valence-corrected chi connectivity index (χ3v) is 6.76. The molecule has 3 saturated carbocycles. The lowest BCUT2D eigenvalue weighted by Gasteiger charge is -2.54. The van der Waals surface area contributed by atoms with Gasteiger partial charge in [-0.25, -0.2) is 0 Å². The Bertz CT molecular complexity index is 402. The van der Waals surface area contributed by atoms with E-state index in [9.17, 15) is 4.79 Å². The van der Waals surface area contributed by atoms with Gasteiger partial charge >= 0.3 is 0 Å². The lowest BCUT2D eigenvalue weighted by molar-refractivity contribution is -0.131. The molecule has 1 heteroatoms. The first-order chi connectivity index (χ1) is 8.37. The van der Waals surface area contributed by atoms with E-state index < -0.39 is 0 Å². The van der Waals surface area contributed by atoms with Crippen LogP contribution in [-0.2, 0) is 4.79 Å². The van der Waals surface area contributed by atoms with E-state index in [0.717, 1.165) is 31.1 Å². The van der Waals surface area contributed by atoms with Gasteiger partial charge in [-0.3, -0.25) is 4.79 Å². The molecule has 0 amide bonds. The van der Waals surface area contributed by atoms with Crippen LogP contribution in [0.5, 0.6) is 0 Å². The first kappa shape index (κ1) is 12.4. The van der Waals surface area contributed by atoms with Gasteiger partial charge in [0.15, 0.2) is 0 Å². The second-order valence-corrected chi connectivity index (χ2v) is 7.66. The highest BCUT2D eigenvalue weighted by molar-refractivity contribution is 5.87. The molecule has 0 aromatic carbocycles. The van der Waals surface area contributed by atoms with E-state index in [0.29, 0.717) is 11.7 Å². The molecule has 3 fully saturated rings. The second-order valence-electron chi connectivity index (χ2n) is 7.66. The summed E-state index contributed by atoms with van der Waals surface area (Å²) >= 11 is 0. The van der Waals surface area contributed by atoms with E-state index in [4.69, 9.17) is 0 Å². The van der Waals surface area contributed by atoms with Crippen molar-refractivity contribution in [1.29, 1.82) is 0 Å². The number of fused-ring (bicyclic) bond motifs is 3. The smallest absolute Gasteiger partial charge is 0.139 e. The predicted molar refractivity (Wildman–Crippen MR) is 74.2 cm³/mol. The number of allylic oxidation sites excluding steroid dienone is 1. The van der Waals surface area contributed by atoms with Gasteiger partial charge in [-0.15, -0.1) is 0 Å². The molecule has 0 saturated heterocycles. The van der Waals surface area contributed by atoms with Crippen molar-refractivity contribution in [1.82, 2.24) is 0 Å². The Labute approximate surface area is 111 Å². The second kappa shape index (κ2) is 3.71. The topological polar surface area (TPSA) is 17.1 Å². The summed E-state index contributed by atoms with van der Waals surface area (Å²) in [5, 5.41) is 0. The van der Waals surface area contributed by atoms with Gasteiger partial charge in [-0.2, -0.15) is 0 Å². The average molecular weight is 246 g/mol.